The summed E-state index contributed by atoms with van der Waals surface area (Å²) in [6, 6.07) is 20.8. The van der Waals surface area contributed by atoms with E-state index in [-0.39, 0.29) is 11.8 Å². The Hall–Kier alpha value is -3.43. The van der Waals surface area contributed by atoms with Crippen LogP contribution in [-0.2, 0) is 16.1 Å². The smallest absolute Gasteiger partial charge is 0.481 e. The summed E-state index contributed by atoms with van der Waals surface area (Å²) in [5, 5.41) is 20.6. The fourth-order valence-corrected chi connectivity index (χ4v) is 3.84. The number of hydrogen-bond acceptors (Lipinski definition) is 4. The first-order chi connectivity index (χ1) is 16.9. The zero-order valence-corrected chi connectivity index (χ0v) is 19.9. The Morgan fingerprint density at radius 3 is 2.08 bits per heavy atom. The number of anilines is 1. The molecule has 4 rings (SSSR count). The van der Waals surface area contributed by atoms with Crippen molar-refractivity contribution in [3.63, 3.8) is 0 Å². The van der Waals surface area contributed by atoms with E-state index in [0.29, 0.717) is 28.1 Å². The van der Waals surface area contributed by atoms with Gasteiger partial charge in [-0.1, -0.05) is 47.5 Å². The minimum absolute atomic E-state index is 0.148. The van der Waals surface area contributed by atoms with E-state index in [2.05, 4.69) is 5.32 Å². The molecule has 1 aliphatic rings. The van der Waals surface area contributed by atoms with Gasteiger partial charge in [0.25, 0.3) is 0 Å². The summed E-state index contributed by atoms with van der Waals surface area (Å²) < 4.78 is 37.6. The topological polar surface area (TPSA) is 95.9 Å². The van der Waals surface area contributed by atoms with Crippen molar-refractivity contribution in [1.29, 1.82) is 0 Å². The Bertz CT molecular complexity index is 1210. The van der Waals surface area contributed by atoms with Gasteiger partial charge in [0.1, 0.15) is 11.5 Å². The van der Waals surface area contributed by atoms with Gasteiger partial charge >= 0.3 is 18.1 Å². The van der Waals surface area contributed by atoms with Crippen molar-refractivity contribution >= 4 is 40.8 Å². The Morgan fingerprint density at radius 1 is 0.944 bits per heavy atom. The number of benzene rings is 3. The molecule has 0 aliphatic heterocycles. The number of halogens is 5. The second kappa shape index (κ2) is 11.5. The molecular weight excluding hydrogens is 522 g/mol. The monoisotopic (exact) mass is 541 g/mol. The molecule has 0 bridgehead atoms. The van der Waals surface area contributed by atoms with Gasteiger partial charge in [0.2, 0.25) is 0 Å². The van der Waals surface area contributed by atoms with E-state index in [1.807, 2.05) is 48.5 Å². The largest absolute Gasteiger partial charge is 0.490 e. The van der Waals surface area contributed by atoms with Gasteiger partial charge in [0.15, 0.2) is 0 Å². The summed E-state index contributed by atoms with van der Waals surface area (Å²) >= 11 is 12.0. The predicted molar refractivity (Wildman–Crippen MR) is 129 cm³/mol. The highest BCUT2D eigenvalue weighted by Crippen LogP contribution is 2.47. The molecule has 3 aromatic rings. The van der Waals surface area contributed by atoms with Crippen LogP contribution in [0.1, 0.15) is 23.5 Å². The lowest BCUT2D eigenvalue weighted by molar-refractivity contribution is -0.192. The van der Waals surface area contributed by atoms with Crippen LogP contribution in [0.3, 0.4) is 0 Å². The number of carboxylic acid groups (broad SMARTS) is 2. The van der Waals surface area contributed by atoms with Crippen LogP contribution in [0.15, 0.2) is 66.7 Å². The van der Waals surface area contributed by atoms with Crippen molar-refractivity contribution in [3.8, 4) is 11.5 Å². The molecule has 3 aromatic carbocycles. The molecule has 3 N–H and O–H groups in total. The van der Waals surface area contributed by atoms with E-state index in [1.165, 1.54) is 0 Å². The quantitative estimate of drug-likeness (QED) is 0.292. The minimum atomic E-state index is -5.08. The summed E-state index contributed by atoms with van der Waals surface area (Å²) in [5.74, 6) is -2.26. The molecule has 190 valence electrons. The van der Waals surface area contributed by atoms with E-state index in [4.69, 9.17) is 42.9 Å². The van der Waals surface area contributed by atoms with E-state index < -0.39 is 18.1 Å². The molecule has 2 atom stereocenters. The third kappa shape index (κ3) is 8.07. The molecule has 1 fully saturated rings. The standard InChI is InChI=1S/C23H19Cl2NO3.C2HF3O2/c24-16-9-17(25)11-20(10-16)29-19-3-1-2-14(8-19)13-26-18-6-4-15(5-7-18)21-12-22(21)23(27)28;3-2(4,5)1(6)7/h1-11,21-22,26H,12-13H2,(H,27,28);(H,6,7). The number of ether oxygens (including phenoxy) is 1. The summed E-state index contributed by atoms with van der Waals surface area (Å²) in [7, 11) is 0. The van der Waals surface area contributed by atoms with E-state index in [9.17, 15) is 18.0 Å². The lowest BCUT2D eigenvalue weighted by Crippen LogP contribution is -2.21. The van der Waals surface area contributed by atoms with Crippen LogP contribution in [0.25, 0.3) is 0 Å². The summed E-state index contributed by atoms with van der Waals surface area (Å²) in [4.78, 5) is 19.9. The molecule has 11 heteroatoms. The number of carboxylic acids is 2. The van der Waals surface area contributed by atoms with Gasteiger partial charge < -0.3 is 20.3 Å². The third-order valence-electron chi connectivity index (χ3n) is 5.16. The van der Waals surface area contributed by atoms with Crippen molar-refractivity contribution in [3.05, 3.63) is 87.9 Å². The Kier molecular flexibility index (Phi) is 8.70. The van der Waals surface area contributed by atoms with Crippen LogP contribution in [0.4, 0.5) is 18.9 Å². The molecule has 2 unspecified atom stereocenters. The van der Waals surface area contributed by atoms with Crippen LogP contribution in [0.5, 0.6) is 11.5 Å². The highest BCUT2D eigenvalue weighted by atomic mass is 35.5. The second-order valence-corrected chi connectivity index (χ2v) is 8.79. The van der Waals surface area contributed by atoms with Crippen LogP contribution in [0, 0.1) is 5.92 Å². The molecule has 0 heterocycles. The van der Waals surface area contributed by atoms with Crippen molar-refractivity contribution < 1.29 is 37.7 Å². The van der Waals surface area contributed by atoms with Crippen molar-refractivity contribution in [2.24, 2.45) is 5.92 Å². The average molecular weight is 542 g/mol. The maximum Gasteiger partial charge on any atom is 0.490 e. The van der Waals surface area contributed by atoms with E-state index in [0.717, 1.165) is 23.2 Å². The Morgan fingerprint density at radius 2 is 1.56 bits per heavy atom. The van der Waals surface area contributed by atoms with Gasteiger partial charge in [-0.15, -0.1) is 0 Å². The van der Waals surface area contributed by atoms with Gasteiger partial charge in [0, 0.05) is 22.3 Å². The predicted octanol–water partition coefficient (Wildman–Crippen LogP) is 7.22. The lowest BCUT2D eigenvalue weighted by atomic mass is 10.1. The second-order valence-electron chi connectivity index (χ2n) is 7.92. The highest BCUT2D eigenvalue weighted by molar-refractivity contribution is 6.34. The van der Waals surface area contributed by atoms with Crippen molar-refractivity contribution in [1.82, 2.24) is 0 Å². The third-order valence-corrected chi connectivity index (χ3v) is 5.59. The van der Waals surface area contributed by atoms with Gasteiger partial charge in [-0.05, 0) is 65.9 Å². The van der Waals surface area contributed by atoms with E-state index >= 15 is 0 Å². The van der Waals surface area contributed by atoms with Crippen LogP contribution in [0.2, 0.25) is 10.0 Å². The molecule has 1 aliphatic carbocycles. The maximum absolute atomic E-state index is 11.0. The number of hydrogen-bond donors (Lipinski definition) is 3. The number of carbonyl (C=O) groups is 2. The zero-order valence-electron chi connectivity index (χ0n) is 18.4. The first-order valence-corrected chi connectivity index (χ1v) is 11.3. The molecule has 0 spiro atoms. The molecule has 0 saturated heterocycles. The number of alkyl halides is 3. The molecule has 0 amide bonds. The lowest BCUT2D eigenvalue weighted by Gasteiger charge is -2.10. The van der Waals surface area contributed by atoms with Crippen molar-refractivity contribution in [2.45, 2.75) is 25.1 Å². The summed E-state index contributed by atoms with van der Waals surface area (Å²) in [6.07, 6.45) is -4.35. The first-order valence-electron chi connectivity index (χ1n) is 10.5. The van der Waals surface area contributed by atoms with E-state index in [1.54, 1.807) is 18.2 Å². The Labute approximate surface area is 214 Å². The first kappa shape index (κ1) is 27.2. The average Bonchev–Trinajstić information content (AvgIpc) is 3.59. The fourth-order valence-electron chi connectivity index (χ4n) is 3.33. The van der Waals surface area contributed by atoms with Gasteiger partial charge in [-0.3, -0.25) is 4.79 Å². The van der Waals surface area contributed by atoms with Gasteiger partial charge in [-0.2, -0.15) is 13.2 Å². The normalized spacial score (nSPS) is 16.4. The minimum Gasteiger partial charge on any atom is -0.481 e. The molecule has 6 nitrogen and oxygen atoms in total. The highest BCUT2D eigenvalue weighted by Gasteiger charge is 2.44. The number of rotatable bonds is 7. The van der Waals surface area contributed by atoms with Gasteiger partial charge in [-0.25, -0.2) is 4.79 Å². The van der Waals surface area contributed by atoms with Gasteiger partial charge in [0.05, 0.1) is 5.92 Å². The zero-order chi connectivity index (χ0) is 26.5. The molecule has 36 heavy (non-hydrogen) atoms. The van der Waals surface area contributed by atoms with Crippen molar-refractivity contribution in [2.75, 3.05) is 5.32 Å². The van der Waals surface area contributed by atoms with Crippen LogP contribution in [-0.4, -0.2) is 28.3 Å². The molecular formula is C25H20Cl2F3NO5. The molecule has 1 saturated carbocycles. The molecule has 0 aromatic heterocycles. The maximum atomic E-state index is 11.0. The number of nitrogens with one attached hydrogen (secondary N) is 1. The summed E-state index contributed by atoms with van der Waals surface area (Å²) in [6.45, 7) is 0.633. The summed E-state index contributed by atoms with van der Waals surface area (Å²) in [5.41, 5.74) is 3.13. The van der Waals surface area contributed by atoms with Crippen LogP contribution >= 0.6 is 23.2 Å². The van der Waals surface area contributed by atoms with Crippen LogP contribution < -0.4 is 10.1 Å². The Balaban J connectivity index is 0.000000454. The number of aliphatic carboxylic acids is 2. The fraction of sp³-hybridized carbons (Fsp3) is 0.200. The molecule has 0 radical (unpaired) electrons. The SMILES string of the molecule is O=C(O)C(F)(F)F.O=C(O)C1CC1c1ccc(NCc2cccc(Oc3cc(Cl)cc(Cl)c3)c2)cc1.